The average molecular weight is 200 g/mol. The number of hydrogen-bond acceptors (Lipinski definition) is 0. The zero-order chi connectivity index (χ0) is 9.80. The number of allylic oxidation sites excluding steroid dienone is 4. The third-order valence-corrected chi connectivity index (χ3v) is 4.63. The summed E-state index contributed by atoms with van der Waals surface area (Å²) >= 11 is 0. The molecule has 1 aromatic carbocycles. The first-order chi connectivity index (χ1) is 6.88. The highest BCUT2D eigenvalue weighted by Gasteiger charge is 2.09. The number of hydrogen-bond donors (Lipinski definition) is 0. The lowest BCUT2D eigenvalue weighted by molar-refractivity contribution is 1.15. The molecule has 2 rings (SSSR count). The van der Waals surface area contributed by atoms with Crippen molar-refractivity contribution >= 4 is 14.7 Å². The molecule has 1 atom stereocenters. The molecule has 0 amide bonds. The molecular weight excluding hydrogens is 184 g/mol. The summed E-state index contributed by atoms with van der Waals surface area (Å²) in [5, 5.41) is 1.57. The molecule has 1 aliphatic rings. The molecular formula is C13H16Si. The normalized spacial score (nSPS) is 20.6. The predicted octanol–water partition coefficient (Wildman–Crippen LogP) is 2.18. The maximum Gasteiger partial charge on any atom is 0.0663 e. The van der Waals surface area contributed by atoms with Gasteiger partial charge in [-0.1, -0.05) is 66.2 Å². The Balaban J connectivity index is 2.01. The van der Waals surface area contributed by atoms with Crippen LogP contribution in [0.1, 0.15) is 13.3 Å². The van der Waals surface area contributed by atoms with Gasteiger partial charge in [0.05, 0.1) is 9.52 Å². The van der Waals surface area contributed by atoms with Crippen molar-refractivity contribution in [1.82, 2.24) is 0 Å². The fourth-order valence-corrected chi connectivity index (χ4v) is 3.66. The molecule has 0 aromatic heterocycles. The highest BCUT2D eigenvalue weighted by molar-refractivity contribution is 6.56. The van der Waals surface area contributed by atoms with Gasteiger partial charge in [-0.05, 0) is 12.0 Å². The monoisotopic (exact) mass is 200 g/mol. The lowest BCUT2D eigenvalue weighted by Crippen LogP contribution is -2.16. The Morgan fingerprint density at radius 3 is 2.64 bits per heavy atom. The topological polar surface area (TPSA) is 0 Å². The SMILES string of the molecule is CCC1=CC([SiH2]c2ccccc2)C=C1. The van der Waals surface area contributed by atoms with Crippen molar-refractivity contribution in [2.45, 2.75) is 18.9 Å². The first-order valence-electron chi connectivity index (χ1n) is 5.31. The van der Waals surface area contributed by atoms with Gasteiger partial charge in [-0.3, -0.25) is 0 Å². The van der Waals surface area contributed by atoms with Crippen LogP contribution in [0.4, 0.5) is 0 Å². The second-order valence-corrected chi connectivity index (χ2v) is 5.98. The van der Waals surface area contributed by atoms with Crippen molar-refractivity contribution in [2.24, 2.45) is 0 Å². The van der Waals surface area contributed by atoms with Gasteiger partial charge in [0.2, 0.25) is 0 Å². The largest absolute Gasteiger partial charge is 0.0803 e. The van der Waals surface area contributed by atoms with Crippen LogP contribution in [0.5, 0.6) is 0 Å². The molecule has 0 fully saturated rings. The summed E-state index contributed by atoms with van der Waals surface area (Å²) in [5.41, 5.74) is 2.27. The minimum atomic E-state index is -0.139. The summed E-state index contributed by atoms with van der Waals surface area (Å²) < 4.78 is 0. The highest BCUT2D eigenvalue weighted by Crippen LogP contribution is 2.21. The second kappa shape index (κ2) is 4.42. The maximum atomic E-state index is 2.44. The van der Waals surface area contributed by atoms with Crippen molar-refractivity contribution in [1.29, 1.82) is 0 Å². The van der Waals surface area contributed by atoms with Crippen LogP contribution in [0.3, 0.4) is 0 Å². The van der Waals surface area contributed by atoms with E-state index in [1.54, 1.807) is 5.19 Å². The van der Waals surface area contributed by atoms with Crippen LogP contribution in [0, 0.1) is 0 Å². The van der Waals surface area contributed by atoms with E-state index < -0.39 is 0 Å². The minimum absolute atomic E-state index is 0.139. The van der Waals surface area contributed by atoms with E-state index in [4.69, 9.17) is 0 Å². The molecule has 0 saturated heterocycles. The molecule has 0 radical (unpaired) electrons. The summed E-state index contributed by atoms with van der Waals surface area (Å²) in [7, 11) is -0.139. The van der Waals surface area contributed by atoms with Gasteiger partial charge < -0.3 is 0 Å². The van der Waals surface area contributed by atoms with E-state index in [1.807, 2.05) is 0 Å². The predicted molar refractivity (Wildman–Crippen MR) is 65.9 cm³/mol. The van der Waals surface area contributed by atoms with Crippen molar-refractivity contribution in [3.63, 3.8) is 0 Å². The molecule has 1 unspecified atom stereocenters. The molecule has 14 heavy (non-hydrogen) atoms. The standard InChI is InChI=1S/C13H16Si/c1-2-11-8-9-13(10-11)14-12-6-4-3-5-7-12/h3-10,13H,2,14H2,1H3. The van der Waals surface area contributed by atoms with Gasteiger partial charge in [0.15, 0.2) is 0 Å². The molecule has 0 bridgehead atoms. The van der Waals surface area contributed by atoms with E-state index in [-0.39, 0.29) is 9.52 Å². The Labute approximate surface area is 88.2 Å². The lowest BCUT2D eigenvalue weighted by Gasteiger charge is -2.03. The third-order valence-electron chi connectivity index (χ3n) is 2.71. The lowest BCUT2D eigenvalue weighted by atomic mass is 10.2. The Morgan fingerprint density at radius 1 is 1.21 bits per heavy atom. The van der Waals surface area contributed by atoms with Gasteiger partial charge >= 0.3 is 0 Å². The highest BCUT2D eigenvalue weighted by atomic mass is 28.2. The first kappa shape index (κ1) is 9.47. The Kier molecular flexibility index (Phi) is 2.99. The van der Waals surface area contributed by atoms with Gasteiger partial charge in [0.25, 0.3) is 0 Å². The van der Waals surface area contributed by atoms with Crippen LogP contribution in [0.25, 0.3) is 0 Å². The van der Waals surface area contributed by atoms with Crippen molar-refractivity contribution < 1.29 is 0 Å². The van der Waals surface area contributed by atoms with Gasteiger partial charge in [0.1, 0.15) is 0 Å². The smallest absolute Gasteiger partial charge is 0.0663 e. The van der Waals surface area contributed by atoms with Crippen LogP contribution in [-0.4, -0.2) is 9.52 Å². The van der Waals surface area contributed by atoms with E-state index in [0.717, 1.165) is 5.54 Å². The average Bonchev–Trinajstić information content (AvgIpc) is 2.67. The Hall–Kier alpha value is -1.08. The fraction of sp³-hybridized carbons (Fsp3) is 0.231. The molecule has 1 aliphatic carbocycles. The van der Waals surface area contributed by atoms with Gasteiger partial charge in [-0.15, -0.1) is 0 Å². The molecule has 0 nitrogen and oxygen atoms in total. The molecule has 0 heterocycles. The summed E-state index contributed by atoms with van der Waals surface area (Å²) in [5.74, 6) is 0. The molecule has 0 aliphatic heterocycles. The van der Waals surface area contributed by atoms with Crippen molar-refractivity contribution in [3.8, 4) is 0 Å². The van der Waals surface area contributed by atoms with Gasteiger partial charge in [-0.25, -0.2) is 0 Å². The molecule has 1 heteroatoms. The third kappa shape index (κ3) is 2.24. The Bertz CT molecular complexity index is 349. The van der Waals surface area contributed by atoms with Crippen LogP contribution >= 0.6 is 0 Å². The Morgan fingerprint density at radius 2 is 2.00 bits per heavy atom. The molecule has 1 aromatic rings. The van der Waals surface area contributed by atoms with Crippen LogP contribution in [0.15, 0.2) is 54.1 Å². The summed E-state index contributed by atoms with van der Waals surface area (Å²) in [6.07, 6.45) is 8.29. The van der Waals surface area contributed by atoms with E-state index in [9.17, 15) is 0 Å². The number of rotatable bonds is 3. The van der Waals surface area contributed by atoms with Crippen LogP contribution in [-0.2, 0) is 0 Å². The van der Waals surface area contributed by atoms with E-state index in [1.165, 1.54) is 12.0 Å². The second-order valence-electron chi connectivity index (χ2n) is 3.81. The molecule has 0 spiro atoms. The minimum Gasteiger partial charge on any atom is -0.0803 e. The van der Waals surface area contributed by atoms with E-state index in [2.05, 4.69) is 55.5 Å². The molecule has 72 valence electrons. The zero-order valence-electron chi connectivity index (χ0n) is 8.61. The van der Waals surface area contributed by atoms with Crippen LogP contribution in [0.2, 0.25) is 5.54 Å². The first-order valence-corrected chi connectivity index (χ1v) is 6.83. The van der Waals surface area contributed by atoms with Crippen molar-refractivity contribution in [2.75, 3.05) is 0 Å². The fourth-order valence-electron chi connectivity index (χ4n) is 1.88. The van der Waals surface area contributed by atoms with Crippen molar-refractivity contribution in [3.05, 3.63) is 54.1 Å². The van der Waals surface area contributed by atoms with E-state index in [0.29, 0.717) is 0 Å². The van der Waals surface area contributed by atoms with Crippen LogP contribution < -0.4 is 5.19 Å². The zero-order valence-corrected chi connectivity index (χ0v) is 10.0. The maximum absolute atomic E-state index is 2.44. The molecule has 0 saturated carbocycles. The van der Waals surface area contributed by atoms with E-state index >= 15 is 0 Å². The summed E-state index contributed by atoms with van der Waals surface area (Å²) in [6.45, 7) is 2.22. The summed E-state index contributed by atoms with van der Waals surface area (Å²) in [4.78, 5) is 0. The number of benzene rings is 1. The van der Waals surface area contributed by atoms with Gasteiger partial charge in [-0.2, -0.15) is 0 Å². The summed E-state index contributed by atoms with van der Waals surface area (Å²) in [6, 6.07) is 10.9. The van der Waals surface area contributed by atoms with Gasteiger partial charge in [0, 0.05) is 0 Å². The molecule has 0 N–H and O–H groups in total. The quantitative estimate of drug-likeness (QED) is 0.656.